The Morgan fingerprint density at radius 3 is 2.46 bits per heavy atom. The van der Waals surface area contributed by atoms with Crippen LogP contribution in [0.25, 0.3) is 33.0 Å². The number of halogens is 1. The monoisotopic (exact) mass is 372 g/mol. The molecule has 4 aromatic rings. The van der Waals surface area contributed by atoms with E-state index in [-0.39, 0.29) is 17.3 Å². The fourth-order valence-electron chi connectivity index (χ4n) is 3.86. The first-order chi connectivity index (χ1) is 13.5. The van der Waals surface area contributed by atoms with Gasteiger partial charge in [0.05, 0.1) is 0 Å². The average molecular weight is 372 g/mol. The molecule has 4 heteroatoms. The van der Waals surface area contributed by atoms with Crippen molar-refractivity contribution in [1.82, 2.24) is 0 Å². The van der Waals surface area contributed by atoms with E-state index in [0.717, 1.165) is 33.0 Å². The van der Waals surface area contributed by atoms with Crippen molar-refractivity contribution in [2.75, 3.05) is 0 Å². The molecule has 1 aliphatic rings. The summed E-state index contributed by atoms with van der Waals surface area (Å²) in [5, 5.41) is 21.6. The van der Waals surface area contributed by atoms with Gasteiger partial charge in [-0.15, -0.1) is 0 Å². The highest BCUT2D eigenvalue weighted by molar-refractivity contribution is 6.05. The third kappa shape index (κ3) is 2.49. The number of phenolic OH excluding ortho intramolecular Hbond substituents is 2. The van der Waals surface area contributed by atoms with Crippen molar-refractivity contribution >= 4 is 10.8 Å². The summed E-state index contributed by atoms with van der Waals surface area (Å²) in [6.07, 6.45) is 0. The first-order valence-electron chi connectivity index (χ1n) is 9.02. The predicted octanol–water partition coefficient (Wildman–Crippen LogP) is 5.92. The Morgan fingerprint density at radius 1 is 0.857 bits per heavy atom. The number of hydrogen-bond acceptors (Lipinski definition) is 3. The first-order valence-corrected chi connectivity index (χ1v) is 9.02. The van der Waals surface area contributed by atoms with Gasteiger partial charge in [-0.1, -0.05) is 24.3 Å². The van der Waals surface area contributed by atoms with E-state index in [9.17, 15) is 14.6 Å². The van der Waals surface area contributed by atoms with Gasteiger partial charge in [0.25, 0.3) is 0 Å². The van der Waals surface area contributed by atoms with Crippen LogP contribution in [-0.4, -0.2) is 10.2 Å². The van der Waals surface area contributed by atoms with E-state index >= 15 is 0 Å². The van der Waals surface area contributed by atoms with Crippen molar-refractivity contribution in [1.29, 1.82) is 0 Å². The highest BCUT2D eigenvalue weighted by Gasteiger charge is 2.24. The zero-order valence-corrected chi connectivity index (χ0v) is 15.2. The van der Waals surface area contributed by atoms with E-state index in [4.69, 9.17) is 4.74 Å². The lowest BCUT2D eigenvalue weighted by atomic mass is 9.88. The van der Waals surface area contributed by atoms with E-state index in [0.29, 0.717) is 23.5 Å². The number of aromatic hydroxyl groups is 2. The minimum atomic E-state index is -0.287. The Morgan fingerprint density at radius 2 is 1.64 bits per heavy atom. The maximum atomic E-state index is 14.3. The molecule has 0 radical (unpaired) electrons. The third-order valence-corrected chi connectivity index (χ3v) is 5.29. The molecular weight excluding hydrogens is 355 g/mol. The standard InChI is InChI=1S/C24H17FO3/c1-13-2-3-15(10-22(13)25)23-20-11-18(27)5-4-14(20)9-21-19-7-6-17(26)8-16(19)12-28-24(21)23/h2-11,26-27H,12H2,1H3. The SMILES string of the molecule is Cc1ccc(-c2c3c(cc4ccc(O)cc24)-c2ccc(O)cc2CO3)cc1F. The summed E-state index contributed by atoms with van der Waals surface area (Å²) in [5.41, 5.74) is 4.77. The lowest BCUT2D eigenvalue weighted by Crippen LogP contribution is -2.07. The molecule has 28 heavy (non-hydrogen) atoms. The van der Waals surface area contributed by atoms with Gasteiger partial charge in [-0.25, -0.2) is 4.39 Å². The molecule has 138 valence electrons. The summed E-state index contributed by atoms with van der Waals surface area (Å²) < 4.78 is 20.4. The van der Waals surface area contributed by atoms with Crippen LogP contribution in [0.2, 0.25) is 0 Å². The lowest BCUT2D eigenvalue weighted by Gasteiger charge is -2.25. The van der Waals surface area contributed by atoms with Gasteiger partial charge in [-0.3, -0.25) is 0 Å². The Bertz CT molecular complexity index is 1260. The minimum Gasteiger partial charge on any atom is -0.508 e. The summed E-state index contributed by atoms with van der Waals surface area (Å²) in [4.78, 5) is 0. The number of fused-ring (bicyclic) bond motifs is 4. The van der Waals surface area contributed by atoms with Crippen LogP contribution in [0, 0.1) is 12.7 Å². The normalized spacial score (nSPS) is 12.4. The van der Waals surface area contributed by atoms with Gasteiger partial charge in [0.2, 0.25) is 0 Å². The second-order valence-electron chi connectivity index (χ2n) is 7.13. The Kier molecular flexibility index (Phi) is 3.56. The number of hydrogen-bond donors (Lipinski definition) is 2. The quantitative estimate of drug-likeness (QED) is 0.436. The molecule has 3 nitrogen and oxygen atoms in total. The Balaban J connectivity index is 1.89. The third-order valence-electron chi connectivity index (χ3n) is 5.29. The van der Waals surface area contributed by atoms with Crippen LogP contribution >= 0.6 is 0 Å². The summed E-state index contributed by atoms with van der Waals surface area (Å²) in [5.74, 6) is 0.698. The van der Waals surface area contributed by atoms with Gasteiger partial charge in [-0.2, -0.15) is 0 Å². The highest BCUT2D eigenvalue weighted by Crippen LogP contribution is 2.48. The van der Waals surface area contributed by atoms with Crippen LogP contribution in [0.3, 0.4) is 0 Å². The van der Waals surface area contributed by atoms with Crippen LogP contribution in [0.15, 0.2) is 60.7 Å². The van der Waals surface area contributed by atoms with Crippen molar-refractivity contribution in [2.24, 2.45) is 0 Å². The molecule has 0 atom stereocenters. The number of benzene rings is 4. The zero-order chi connectivity index (χ0) is 19.4. The fraction of sp³-hybridized carbons (Fsp3) is 0.0833. The highest BCUT2D eigenvalue weighted by atomic mass is 19.1. The van der Waals surface area contributed by atoms with E-state index in [2.05, 4.69) is 0 Å². The smallest absolute Gasteiger partial charge is 0.136 e. The van der Waals surface area contributed by atoms with Gasteiger partial charge < -0.3 is 14.9 Å². The zero-order valence-electron chi connectivity index (χ0n) is 15.2. The molecule has 0 saturated heterocycles. The Hall–Kier alpha value is -3.53. The average Bonchev–Trinajstić information content (AvgIpc) is 2.68. The van der Waals surface area contributed by atoms with Crippen molar-refractivity contribution in [2.45, 2.75) is 13.5 Å². The Labute approximate surface area is 161 Å². The molecule has 0 spiro atoms. The second-order valence-corrected chi connectivity index (χ2v) is 7.13. The van der Waals surface area contributed by atoms with E-state index in [1.165, 1.54) is 6.07 Å². The maximum absolute atomic E-state index is 14.3. The van der Waals surface area contributed by atoms with Gasteiger partial charge in [0.1, 0.15) is 29.7 Å². The van der Waals surface area contributed by atoms with E-state index in [1.54, 1.807) is 37.3 Å². The van der Waals surface area contributed by atoms with Crippen LogP contribution in [0.1, 0.15) is 11.1 Å². The summed E-state index contributed by atoms with van der Waals surface area (Å²) in [6, 6.07) is 17.5. The molecule has 2 N–H and O–H groups in total. The largest absolute Gasteiger partial charge is 0.508 e. The summed E-state index contributed by atoms with van der Waals surface area (Å²) in [6.45, 7) is 2.03. The first kappa shape index (κ1) is 16.6. The molecule has 0 aromatic heterocycles. The van der Waals surface area contributed by atoms with E-state index < -0.39 is 0 Å². The van der Waals surface area contributed by atoms with Crippen LogP contribution in [0.5, 0.6) is 17.2 Å². The predicted molar refractivity (Wildman–Crippen MR) is 107 cm³/mol. The second kappa shape index (κ2) is 5.99. The van der Waals surface area contributed by atoms with Crippen molar-refractivity contribution < 1.29 is 19.3 Å². The van der Waals surface area contributed by atoms with Crippen molar-refractivity contribution in [3.05, 3.63) is 77.6 Å². The molecule has 0 saturated carbocycles. The molecule has 4 aromatic carbocycles. The number of aryl methyl sites for hydroxylation is 1. The van der Waals surface area contributed by atoms with Gasteiger partial charge in [0, 0.05) is 16.7 Å². The molecule has 0 aliphatic carbocycles. The summed E-state index contributed by atoms with van der Waals surface area (Å²) >= 11 is 0. The van der Waals surface area contributed by atoms with Gasteiger partial charge in [-0.05, 0) is 70.8 Å². The van der Waals surface area contributed by atoms with Crippen LogP contribution in [0.4, 0.5) is 4.39 Å². The molecule has 1 heterocycles. The van der Waals surface area contributed by atoms with Crippen molar-refractivity contribution in [3.8, 4) is 39.5 Å². The summed E-state index contributed by atoms with van der Waals surface area (Å²) in [7, 11) is 0. The van der Waals surface area contributed by atoms with Gasteiger partial charge >= 0.3 is 0 Å². The minimum absolute atomic E-state index is 0.141. The molecule has 0 amide bonds. The molecule has 0 fully saturated rings. The maximum Gasteiger partial charge on any atom is 0.136 e. The van der Waals surface area contributed by atoms with Crippen LogP contribution < -0.4 is 4.74 Å². The fourth-order valence-corrected chi connectivity index (χ4v) is 3.86. The molecule has 0 bridgehead atoms. The van der Waals surface area contributed by atoms with Crippen molar-refractivity contribution in [3.63, 3.8) is 0 Å². The number of phenols is 2. The van der Waals surface area contributed by atoms with Crippen LogP contribution in [-0.2, 0) is 6.61 Å². The number of ether oxygens (including phenoxy) is 1. The van der Waals surface area contributed by atoms with E-state index in [1.807, 2.05) is 24.3 Å². The molecule has 0 unspecified atom stereocenters. The topological polar surface area (TPSA) is 49.7 Å². The van der Waals surface area contributed by atoms with Gasteiger partial charge in [0.15, 0.2) is 0 Å². The molecule has 5 rings (SSSR count). The molecule has 1 aliphatic heterocycles. The molecular formula is C24H17FO3. The number of rotatable bonds is 1. The lowest BCUT2D eigenvalue weighted by molar-refractivity contribution is 0.303.